The molecule has 0 radical (unpaired) electrons. The number of rotatable bonds is 3. The Balaban J connectivity index is 1.88. The molecule has 2 amide bonds. The molecule has 0 aliphatic carbocycles. The number of thiol groups is 1. The molecule has 1 aliphatic heterocycles. The monoisotopic (exact) mass is 312 g/mol. The Morgan fingerprint density at radius 1 is 1.30 bits per heavy atom. The maximum absolute atomic E-state index is 12.1. The summed E-state index contributed by atoms with van der Waals surface area (Å²) in [5.41, 5.74) is 0.579. The number of benzene rings is 1. The Labute approximate surface area is 128 Å². The summed E-state index contributed by atoms with van der Waals surface area (Å²) >= 11 is 9.81. The fourth-order valence-electron chi connectivity index (χ4n) is 2.29. The number of likely N-dealkylation sites (tertiary alicyclic amines) is 1. The predicted molar refractivity (Wildman–Crippen MR) is 81.5 cm³/mol. The maximum Gasteiger partial charge on any atom is 0.252 e. The smallest absolute Gasteiger partial charge is 0.252 e. The highest BCUT2D eigenvalue weighted by Crippen LogP contribution is 2.15. The zero-order chi connectivity index (χ0) is 14.5. The molecule has 1 aromatic rings. The zero-order valence-corrected chi connectivity index (χ0v) is 12.7. The van der Waals surface area contributed by atoms with Crippen molar-refractivity contribution in [1.29, 1.82) is 0 Å². The number of piperidine rings is 1. The van der Waals surface area contributed by atoms with Gasteiger partial charge in [-0.3, -0.25) is 9.59 Å². The summed E-state index contributed by atoms with van der Waals surface area (Å²) in [7, 11) is 0. The van der Waals surface area contributed by atoms with E-state index >= 15 is 0 Å². The molecular formula is C14H17ClN2O2S. The van der Waals surface area contributed by atoms with E-state index in [0.717, 1.165) is 12.8 Å². The van der Waals surface area contributed by atoms with Crippen LogP contribution in [0.25, 0.3) is 0 Å². The fourth-order valence-corrected chi connectivity index (χ4v) is 2.72. The summed E-state index contributed by atoms with van der Waals surface area (Å²) < 4.78 is 0. The zero-order valence-electron chi connectivity index (χ0n) is 11.0. The van der Waals surface area contributed by atoms with Crippen molar-refractivity contribution in [2.75, 3.05) is 19.0 Å². The first-order valence-corrected chi connectivity index (χ1v) is 7.52. The average Bonchev–Trinajstić information content (AvgIpc) is 2.47. The Hall–Kier alpha value is -1.20. The van der Waals surface area contributed by atoms with E-state index in [1.807, 2.05) is 12.1 Å². The standard InChI is InChI=1S/C14H17ClN2O2S/c15-9-13(18)17-7-5-10(6-8-17)16-14(19)11-3-1-2-4-12(11)20/h1-4,10,20H,5-9H2,(H,16,19). The number of hydrogen-bond acceptors (Lipinski definition) is 3. The third kappa shape index (κ3) is 3.67. The van der Waals surface area contributed by atoms with Crippen LogP contribution < -0.4 is 5.32 Å². The lowest BCUT2D eigenvalue weighted by Gasteiger charge is -2.32. The number of amides is 2. The highest BCUT2D eigenvalue weighted by Gasteiger charge is 2.23. The van der Waals surface area contributed by atoms with Gasteiger partial charge in [-0.25, -0.2) is 0 Å². The molecule has 1 fully saturated rings. The Morgan fingerprint density at radius 2 is 1.95 bits per heavy atom. The van der Waals surface area contributed by atoms with Gasteiger partial charge in [0.1, 0.15) is 5.88 Å². The van der Waals surface area contributed by atoms with Crippen LogP contribution in [-0.4, -0.2) is 41.7 Å². The summed E-state index contributed by atoms with van der Waals surface area (Å²) in [6.45, 7) is 1.28. The number of nitrogens with one attached hydrogen (secondary N) is 1. The van der Waals surface area contributed by atoms with E-state index in [0.29, 0.717) is 23.5 Å². The van der Waals surface area contributed by atoms with E-state index < -0.39 is 0 Å². The maximum atomic E-state index is 12.1. The molecule has 1 saturated heterocycles. The van der Waals surface area contributed by atoms with Gasteiger partial charge >= 0.3 is 0 Å². The van der Waals surface area contributed by atoms with E-state index in [9.17, 15) is 9.59 Å². The predicted octanol–water partition coefficient (Wildman–Crippen LogP) is 1.93. The number of nitrogens with zero attached hydrogens (tertiary/aromatic N) is 1. The van der Waals surface area contributed by atoms with Gasteiger partial charge in [0, 0.05) is 24.0 Å². The van der Waals surface area contributed by atoms with Gasteiger partial charge < -0.3 is 10.2 Å². The second-order valence-corrected chi connectivity index (χ2v) is 5.53. The van der Waals surface area contributed by atoms with Crippen LogP contribution in [0.5, 0.6) is 0 Å². The van der Waals surface area contributed by atoms with Crippen molar-refractivity contribution >= 4 is 36.0 Å². The van der Waals surface area contributed by atoms with Gasteiger partial charge in [-0.1, -0.05) is 12.1 Å². The van der Waals surface area contributed by atoms with Crippen molar-refractivity contribution in [3.8, 4) is 0 Å². The van der Waals surface area contributed by atoms with Crippen molar-refractivity contribution in [3.05, 3.63) is 29.8 Å². The molecular weight excluding hydrogens is 296 g/mol. The van der Waals surface area contributed by atoms with Crippen LogP contribution in [0.2, 0.25) is 0 Å². The number of carbonyl (C=O) groups excluding carboxylic acids is 2. The minimum Gasteiger partial charge on any atom is -0.349 e. The van der Waals surface area contributed by atoms with Crippen LogP contribution in [0, 0.1) is 0 Å². The molecule has 0 atom stereocenters. The van der Waals surface area contributed by atoms with Gasteiger partial charge in [0.05, 0.1) is 5.56 Å². The molecule has 6 heteroatoms. The van der Waals surface area contributed by atoms with E-state index in [2.05, 4.69) is 17.9 Å². The molecule has 2 rings (SSSR count). The largest absolute Gasteiger partial charge is 0.349 e. The number of halogens is 1. The van der Waals surface area contributed by atoms with Gasteiger partial charge in [0.15, 0.2) is 0 Å². The SMILES string of the molecule is O=C(NC1CCN(C(=O)CCl)CC1)c1ccccc1S. The quantitative estimate of drug-likeness (QED) is 0.662. The minimum absolute atomic E-state index is 0.0179. The third-order valence-corrected chi connectivity index (χ3v) is 4.06. The topological polar surface area (TPSA) is 49.4 Å². The van der Waals surface area contributed by atoms with Gasteiger partial charge in [0.2, 0.25) is 5.91 Å². The van der Waals surface area contributed by atoms with Crippen molar-refractivity contribution in [1.82, 2.24) is 10.2 Å². The Kier molecular flexibility index (Phi) is 5.31. The lowest BCUT2D eigenvalue weighted by molar-refractivity contribution is -0.129. The van der Waals surface area contributed by atoms with Gasteiger partial charge in [-0.2, -0.15) is 0 Å². The summed E-state index contributed by atoms with van der Waals surface area (Å²) in [6.07, 6.45) is 1.51. The summed E-state index contributed by atoms with van der Waals surface area (Å²) in [5.74, 6) is -0.140. The van der Waals surface area contributed by atoms with E-state index in [-0.39, 0.29) is 23.7 Å². The first-order chi connectivity index (χ1) is 9.61. The lowest BCUT2D eigenvalue weighted by Crippen LogP contribution is -2.47. The summed E-state index contributed by atoms with van der Waals surface area (Å²) in [6, 6.07) is 7.30. The number of carbonyl (C=O) groups is 2. The highest BCUT2D eigenvalue weighted by atomic mass is 35.5. The highest BCUT2D eigenvalue weighted by molar-refractivity contribution is 7.80. The van der Waals surface area contributed by atoms with Crippen molar-refractivity contribution in [2.45, 2.75) is 23.8 Å². The first-order valence-electron chi connectivity index (χ1n) is 6.54. The van der Waals surface area contributed by atoms with Crippen LogP contribution in [0.3, 0.4) is 0 Å². The second kappa shape index (κ2) is 6.99. The Morgan fingerprint density at radius 3 is 2.55 bits per heavy atom. The van der Waals surface area contributed by atoms with E-state index in [1.54, 1.807) is 17.0 Å². The van der Waals surface area contributed by atoms with Crippen LogP contribution in [-0.2, 0) is 4.79 Å². The molecule has 108 valence electrons. The van der Waals surface area contributed by atoms with Crippen LogP contribution in [0.4, 0.5) is 0 Å². The van der Waals surface area contributed by atoms with Gasteiger partial charge in [-0.15, -0.1) is 24.2 Å². The van der Waals surface area contributed by atoms with E-state index in [1.165, 1.54) is 0 Å². The molecule has 1 aliphatic rings. The summed E-state index contributed by atoms with van der Waals surface area (Å²) in [4.78, 5) is 26.0. The average molecular weight is 313 g/mol. The summed E-state index contributed by atoms with van der Waals surface area (Å²) in [5, 5.41) is 2.99. The number of alkyl halides is 1. The molecule has 0 bridgehead atoms. The third-order valence-electron chi connectivity index (χ3n) is 3.45. The van der Waals surface area contributed by atoms with Crippen molar-refractivity contribution < 1.29 is 9.59 Å². The normalized spacial score (nSPS) is 16.0. The molecule has 1 heterocycles. The molecule has 0 aromatic heterocycles. The molecule has 1 aromatic carbocycles. The molecule has 4 nitrogen and oxygen atoms in total. The fraction of sp³-hybridized carbons (Fsp3) is 0.429. The number of hydrogen-bond donors (Lipinski definition) is 2. The van der Waals surface area contributed by atoms with E-state index in [4.69, 9.17) is 11.6 Å². The molecule has 20 heavy (non-hydrogen) atoms. The van der Waals surface area contributed by atoms with Crippen LogP contribution >= 0.6 is 24.2 Å². The van der Waals surface area contributed by atoms with Gasteiger partial charge in [-0.05, 0) is 25.0 Å². The van der Waals surface area contributed by atoms with Crippen LogP contribution in [0.15, 0.2) is 29.2 Å². The molecule has 0 saturated carbocycles. The second-order valence-electron chi connectivity index (χ2n) is 4.78. The van der Waals surface area contributed by atoms with Crippen LogP contribution in [0.1, 0.15) is 23.2 Å². The minimum atomic E-state index is -0.113. The molecule has 0 unspecified atom stereocenters. The van der Waals surface area contributed by atoms with Crippen molar-refractivity contribution in [3.63, 3.8) is 0 Å². The first kappa shape index (κ1) is 15.2. The Bertz CT molecular complexity index is 502. The molecule has 1 N–H and O–H groups in total. The molecule has 0 spiro atoms. The lowest BCUT2D eigenvalue weighted by atomic mass is 10.0. The van der Waals surface area contributed by atoms with Gasteiger partial charge in [0.25, 0.3) is 5.91 Å². The van der Waals surface area contributed by atoms with Crippen molar-refractivity contribution in [2.24, 2.45) is 0 Å².